The van der Waals surface area contributed by atoms with Crippen LogP contribution in [0.25, 0.3) is 10.1 Å². The van der Waals surface area contributed by atoms with Crippen molar-refractivity contribution in [2.45, 2.75) is 32.9 Å². The predicted octanol–water partition coefficient (Wildman–Crippen LogP) is 3.02. The Bertz CT molecular complexity index is 1110. The zero-order chi connectivity index (χ0) is 22.5. The molecule has 0 radical (unpaired) electrons. The summed E-state index contributed by atoms with van der Waals surface area (Å²) < 4.78 is 7.81. The van der Waals surface area contributed by atoms with E-state index in [9.17, 15) is 9.59 Å². The second-order valence-corrected chi connectivity index (χ2v) is 9.08. The fraction of sp³-hybridized carbons (Fsp3) is 0.455. The predicted molar refractivity (Wildman–Crippen MR) is 127 cm³/mol. The topological polar surface area (TPSA) is 92.6 Å². The van der Waals surface area contributed by atoms with E-state index in [0.29, 0.717) is 17.6 Å². The van der Waals surface area contributed by atoms with Gasteiger partial charge in [-0.2, -0.15) is 0 Å². The van der Waals surface area contributed by atoms with Crippen LogP contribution in [-0.2, 0) is 11.3 Å². The SMILES string of the molecule is CC(C)OC(=O)Nc1ccc2sn(CCCN3CCN(c4ncccn4)CC3)c(=O)c2c1. The zero-order valence-corrected chi connectivity index (χ0v) is 19.2. The van der Waals surface area contributed by atoms with Crippen molar-refractivity contribution in [2.75, 3.05) is 42.9 Å². The molecule has 1 saturated heterocycles. The summed E-state index contributed by atoms with van der Waals surface area (Å²) >= 11 is 1.46. The molecule has 0 atom stereocenters. The summed E-state index contributed by atoms with van der Waals surface area (Å²) in [6, 6.07) is 7.21. The van der Waals surface area contributed by atoms with Gasteiger partial charge in [0.05, 0.1) is 16.2 Å². The van der Waals surface area contributed by atoms with E-state index >= 15 is 0 Å². The van der Waals surface area contributed by atoms with Gasteiger partial charge in [0.2, 0.25) is 5.95 Å². The molecule has 10 heteroatoms. The average Bonchev–Trinajstić information content (AvgIpc) is 3.09. The van der Waals surface area contributed by atoms with Gasteiger partial charge in [-0.25, -0.2) is 14.8 Å². The quantitative estimate of drug-likeness (QED) is 0.584. The summed E-state index contributed by atoms with van der Waals surface area (Å²) in [5.74, 6) is 0.787. The first kappa shape index (κ1) is 22.2. The van der Waals surface area contributed by atoms with Gasteiger partial charge in [0.1, 0.15) is 0 Å². The van der Waals surface area contributed by atoms with Crippen molar-refractivity contribution in [3.8, 4) is 0 Å². The Morgan fingerprint density at radius 1 is 1.16 bits per heavy atom. The molecule has 0 aliphatic carbocycles. The van der Waals surface area contributed by atoms with E-state index in [1.165, 1.54) is 11.5 Å². The number of hydrogen-bond acceptors (Lipinski definition) is 8. The van der Waals surface area contributed by atoms with Gasteiger partial charge in [-0.3, -0.25) is 19.0 Å². The molecular weight excluding hydrogens is 428 g/mol. The summed E-state index contributed by atoms with van der Waals surface area (Å²) in [7, 11) is 0. The first-order valence-corrected chi connectivity index (χ1v) is 11.6. The van der Waals surface area contributed by atoms with Gasteiger partial charge in [0, 0.05) is 57.3 Å². The van der Waals surface area contributed by atoms with Crippen LogP contribution in [0.4, 0.5) is 16.4 Å². The minimum atomic E-state index is -0.520. The van der Waals surface area contributed by atoms with E-state index in [-0.39, 0.29) is 11.7 Å². The van der Waals surface area contributed by atoms with Gasteiger partial charge < -0.3 is 9.64 Å². The van der Waals surface area contributed by atoms with E-state index in [2.05, 4.69) is 25.1 Å². The van der Waals surface area contributed by atoms with Crippen LogP contribution < -0.4 is 15.8 Å². The third kappa shape index (κ3) is 5.43. The number of fused-ring (bicyclic) bond motifs is 1. The average molecular weight is 457 g/mol. The number of amides is 1. The summed E-state index contributed by atoms with van der Waals surface area (Å²) in [4.78, 5) is 37.9. The standard InChI is InChI=1S/C22H28N6O3S/c1-16(2)31-22(30)25-17-5-6-19-18(15-17)20(29)28(32-19)10-4-9-26-11-13-27(14-12-26)21-23-7-3-8-24-21/h3,5-8,15-16H,4,9-14H2,1-2H3,(H,25,30). The lowest BCUT2D eigenvalue weighted by molar-refractivity contribution is 0.130. The molecule has 3 aromatic rings. The lowest BCUT2D eigenvalue weighted by atomic mass is 10.2. The first-order chi connectivity index (χ1) is 15.5. The number of aromatic nitrogens is 3. The van der Waals surface area contributed by atoms with E-state index < -0.39 is 6.09 Å². The lowest BCUT2D eigenvalue weighted by Gasteiger charge is -2.34. The summed E-state index contributed by atoms with van der Waals surface area (Å²) in [5.41, 5.74) is 0.544. The number of piperazine rings is 1. The van der Waals surface area contributed by atoms with Crippen LogP contribution in [0.5, 0.6) is 0 Å². The van der Waals surface area contributed by atoms with Crippen LogP contribution >= 0.6 is 11.5 Å². The molecule has 1 fully saturated rings. The van der Waals surface area contributed by atoms with Gasteiger partial charge in [0.15, 0.2) is 0 Å². The Hall–Kier alpha value is -2.98. The molecule has 2 aromatic heterocycles. The highest BCUT2D eigenvalue weighted by molar-refractivity contribution is 7.13. The normalized spacial score (nSPS) is 14.8. The van der Waals surface area contributed by atoms with Crippen LogP contribution in [0.2, 0.25) is 0 Å². The largest absolute Gasteiger partial charge is 0.447 e. The van der Waals surface area contributed by atoms with Gasteiger partial charge >= 0.3 is 6.09 Å². The second kappa shape index (κ2) is 10.1. The van der Waals surface area contributed by atoms with E-state index in [1.807, 2.05) is 12.1 Å². The maximum absolute atomic E-state index is 12.8. The Kier molecular flexibility index (Phi) is 7.01. The molecule has 9 nitrogen and oxygen atoms in total. The number of carbonyl (C=O) groups is 1. The Labute approximate surface area is 190 Å². The number of aryl methyl sites for hydroxylation is 1. The molecule has 4 rings (SSSR count). The fourth-order valence-corrected chi connectivity index (χ4v) is 4.73. The zero-order valence-electron chi connectivity index (χ0n) is 18.4. The van der Waals surface area contributed by atoms with E-state index in [4.69, 9.17) is 4.74 Å². The molecule has 1 aromatic carbocycles. The molecule has 1 amide bonds. The van der Waals surface area contributed by atoms with Crippen molar-refractivity contribution in [1.29, 1.82) is 0 Å². The number of nitrogens with one attached hydrogen (secondary N) is 1. The smallest absolute Gasteiger partial charge is 0.411 e. The van der Waals surface area contributed by atoms with E-state index in [1.54, 1.807) is 42.3 Å². The van der Waals surface area contributed by atoms with Crippen molar-refractivity contribution in [3.63, 3.8) is 0 Å². The molecule has 170 valence electrons. The Balaban J connectivity index is 1.29. The highest BCUT2D eigenvalue weighted by atomic mass is 32.1. The molecule has 3 heterocycles. The van der Waals surface area contributed by atoms with Crippen LogP contribution in [0.3, 0.4) is 0 Å². The fourth-order valence-electron chi connectivity index (χ4n) is 3.72. The van der Waals surface area contributed by atoms with Gasteiger partial charge in [0.25, 0.3) is 5.56 Å². The van der Waals surface area contributed by atoms with Crippen molar-refractivity contribution in [2.24, 2.45) is 0 Å². The highest BCUT2D eigenvalue weighted by Gasteiger charge is 2.18. The molecule has 0 unspecified atom stereocenters. The Morgan fingerprint density at radius 2 is 1.91 bits per heavy atom. The number of carbonyl (C=O) groups excluding carboxylic acids is 1. The van der Waals surface area contributed by atoms with Crippen molar-refractivity contribution >= 4 is 39.3 Å². The van der Waals surface area contributed by atoms with Crippen molar-refractivity contribution in [3.05, 3.63) is 47.0 Å². The van der Waals surface area contributed by atoms with Crippen molar-refractivity contribution in [1.82, 2.24) is 18.8 Å². The third-order valence-electron chi connectivity index (χ3n) is 5.28. The van der Waals surface area contributed by atoms with Crippen molar-refractivity contribution < 1.29 is 9.53 Å². The molecular formula is C22H28N6O3S. The minimum Gasteiger partial charge on any atom is -0.447 e. The molecule has 1 N–H and O–H groups in total. The van der Waals surface area contributed by atoms with Gasteiger partial charge in [-0.1, -0.05) is 11.5 Å². The van der Waals surface area contributed by atoms with Gasteiger partial charge in [-0.05, 0) is 44.5 Å². The number of ether oxygens (including phenoxy) is 1. The number of anilines is 2. The number of hydrogen-bond donors (Lipinski definition) is 1. The second-order valence-electron chi connectivity index (χ2n) is 8.02. The maximum Gasteiger partial charge on any atom is 0.411 e. The molecule has 1 aliphatic rings. The number of nitrogens with zero attached hydrogens (tertiary/aromatic N) is 5. The number of rotatable bonds is 7. The van der Waals surface area contributed by atoms with Crippen LogP contribution in [0.15, 0.2) is 41.5 Å². The summed E-state index contributed by atoms with van der Waals surface area (Å²) in [5, 5.41) is 3.30. The molecule has 0 bridgehead atoms. The Morgan fingerprint density at radius 3 is 2.62 bits per heavy atom. The van der Waals surface area contributed by atoms with Crippen LogP contribution in [0, 0.1) is 0 Å². The molecule has 0 saturated carbocycles. The molecule has 0 spiro atoms. The molecule has 1 aliphatic heterocycles. The van der Waals surface area contributed by atoms with E-state index in [0.717, 1.165) is 49.8 Å². The third-order valence-corrected chi connectivity index (χ3v) is 6.40. The molecule has 32 heavy (non-hydrogen) atoms. The minimum absolute atomic E-state index is 0.0167. The monoisotopic (exact) mass is 456 g/mol. The number of benzene rings is 1. The maximum atomic E-state index is 12.8. The first-order valence-electron chi connectivity index (χ1n) is 10.9. The van der Waals surface area contributed by atoms with Crippen LogP contribution in [-0.4, -0.2) is 63.7 Å². The summed E-state index contributed by atoms with van der Waals surface area (Å²) in [6.07, 6.45) is 3.72. The lowest BCUT2D eigenvalue weighted by Crippen LogP contribution is -2.47. The van der Waals surface area contributed by atoms with Crippen LogP contribution in [0.1, 0.15) is 20.3 Å². The summed E-state index contributed by atoms with van der Waals surface area (Å²) in [6.45, 7) is 8.93. The van der Waals surface area contributed by atoms with Gasteiger partial charge in [-0.15, -0.1) is 0 Å². The highest BCUT2D eigenvalue weighted by Crippen LogP contribution is 2.21.